The van der Waals surface area contributed by atoms with Crippen molar-refractivity contribution in [3.05, 3.63) is 33.9 Å². The van der Waals surface area contributed by atoms with Crippen molar-refractivity contribution >= 4 is 0 Å². The molecule has 1 atom stereocenters. The van der Waals surface area contributed by atoms with Crippen LogP contribution in [0.3, 0.4) is 0 Å². The SMILES string of the molecule is CCC1(C)CC(CC)(CC)c2cc3c(c(C)c21)C(CC)(CC)CC3(CC)CC. The summed E-state index contributed by atoms with van der Waals surface area (Å²) in [5.74, 6) is 0. The van der Waals surface area contributed by atoms with Crippen LogP contribution in [0, 0.1) is 6.92 Å². The van der Waals surface area contributed by atoms with Crippen LogP contribution in [0.2, 0.25) is 0 Å². The van der Waals surface area contributed by atoms with Crippen molar-refractivity contribution in [2.75, 3.05) is 0 Å². The molecule has 0 saturated heterocycles. The van der Waals surface area contributed by atoms with E-state index in [-0.39, 0.29) is 0 Å². The van der Waals surface area contributed by atoms with Crippen molar-refractivity contribution in [3.63, 3.8) is 0 Å². The molecule has 0 fully saturated rings. The Labute approximate surface area is 175 Å². The van der Waals surface area contributed by atoms with Gasteiger partial charge in [0.05, 0.1) is 0 Å². The Balaban J connectivity index is 2.44. The molecule has 0 aromatic heterocycles. The number of hydrogen-bond acceptors (Lipinski definition) is 0. The molecule has 158 valence electrons. The highest BCUT2D eigenvalue weighted by molar-refractivity contribution is 5.61. The Kier molecular flexibility index (Phi) is 5.61. The summed E-state index contributed by atoms with van der Waals surface area (Å²) in [4.78, 5) is 0. The van der Waals surface area contributed by atoms with Crippen molar-refractivity contribution in [1.82, 2.24) is 0 Å². The van der Waals surface area contributed by atoms with E-state index in [4.69, 9.17) is 0 Å². The van der Waals surface area contributed by atoms with Gasteiger partial charge in [-0.1, -0.05) is 61.5 Å². The third kappa shape index (κ3) is 2.55. The van der Waals surface area contributed by atoms with E-state index in [0.717, 1.165) is 0 Å². The lowest BCUT2D eigenvalue weighted by Gasteiger charge is -2.34. The molecule has 0 amide bonds. The second-order valence-corrected chi connectivity index (χ2v) is 10.6. The van der Waals surface area contributed by atoms with Gasteiger partial charge in [0.15, 0.2) is 0 Å². The summed E-state index contributed by atoms with van der Waals surface area (Å²) in [5.41, 5.74) is 10.2. The summed E-state index contributed by atoms with van der Waals surface area (Å²) in [6.45, 7) is 22.2. The topological polar surface area (TPSA) is 0 Å². The van der Waals surface area contributed by atoms with Gasteiger partial charge >= 0.3 is 0 Å². The molecule has 0 bridgehead atoms. The van der Waals surface area contributed by atoms with Crippen LogP contribution in [0.25, 0.3) is 0 Å². The van der Waals surface area contributed by atoms with Gasteiger partial charge in [-0.25, -0.2) is 0 Å². The molecule has 2 aliphatic rings. The zero-order valence-electron chi connectivity index (χ0n) is 20.4. The molecule has 0 N–H and O–H groups in total. The van der Waals surface area contributed by atoms with Crippen molar-refractivity contribution in [2.24, 2.45) is 0 Å². The molecule has 1 aromatic carbocycles. The third-order valence-corrected chi connectivity index (χ3v) is 10.1. The molecule has 0 spiro atoms. The van der Waals surface area contributed by atoms with Crippen LogP contribution in [0.15, 0.2) is 6.07 Å². The van der Waals surface area contributed by atoms with Gasteiger partial charge in [0.2, 0.25) is 0 Å². The van der Waals surface area contributed by atoms with Gasteiger partial charge in [-0.2, -0.15) is 0 Å². The van der Waals surface area contributed by atoms with Gasteiger partial charge < -0.3 is 0 Å². The zero-order valence-corrected chi connectivity index (χ0v) is 20.4. The van der Waals surface area contributed by atoms with E-state index >= 15 is 0 Å². The van der Waals surface area contributed by atoms with E-state index in [1.54, 1.807) is 27.8 Å². The Morgan fingerprint density at radius 2 is 1.04 bits per heavy atom. The fourth-order valence-corrected chi connectivity index (χ4v) is 7.79. The van der Waals surface area contributed by atoms with Gasteiger partial charge in [0, 0.05) is 0 Å². The zero-order chi connectivity index (χ0) is 21.0. The van der Waals surface area contributed by atoms with E-state index in [0.29, 0.717) is 21.7 Å². The molecule has 0 saturated carbocycles. The molecule has 1 unspecified atom stereocenters. The Bertz CT molecular complexity index is 725. The van der Waals surface area contributed by atoms with Gasteiger partial charge in [-0.15, -0.1) is 0 Å². The second kappa shape index (κ2) is 7.17. The van der Waals surface area contributed by atoms with Crippen LogP contribution in [-0.2, 0) is 21.7 Å². The van der Waals surface area contributed by atoms with Crippen LogP contribution >= 0.6 is 0 Å². The quantitative estimate of drug-likeness (QED) is 0.442. The van der Waals surface area contributed by atoms with E-state index in [1.165, 1.54) is 57.8 Å². The van der Waals surface area contributed by atoms with Gasteiger partial charge in [0.25, 0.3) is 0 Å². The minimum atomic E-state index is 0.345. The number of rotatable bonds is 7. The summed E-state index contributed by atoms with van der Waals surface area (Å²) in [6, 6.07) is 2.77. The van der Waals surface area contributed by atoms with Gasteiger partial charge in [-0.05, 0) is 114 Å². The van der Waals surface area contributed by atoms with Crippen molar-refractivity contribution < 1.29 is 0 Å². The smallest absolute Gasteiger partial charge is 0.00381 e. The normalized spacial score (nSPS) is 26.3. The predicted octanol–water partition coefficient (Wildman–Crippen LogP) is 8.64. The molecule has 28 heavy (non-hydrogen) atoms. The Morgan fingerprint density at radius 1 is 0.607 bits per heavy atom. The fourth-order valence-electron chi connectivity index (χ4n) is 7.79. The van der Waals surface area contributed by atoms with E-state index < -0.39 is 0 Å². The molecule has 0 nitrogen and oxygen atoms in total. The first kappa shape index (κ1) is 21.9. The minimum Gasteiger partial charge on any atom is -0.0645 e. The summed E-state index contributed by atoms with van der Waals surface area (Å²) < 4.78 is 0. The fraction of sp³-hybridized carbons (Fsp3) is 0.786. The number of benzene rings is 1. The highest BCUT2D eigenvalue weighted by Crippen LogP contribution is 2.63. The Morgan fingerprint density at radius 3 is 1.46 bits per heavy atom. The predicted molar refractivity (Wildman–Crippen MR) is 125 cm³/mol. The summed E-state index contributed by atoms with van der Waals surface area (Å²) >= 11 is 0. The van der Waals surface area contributed by atoms with Gasteiger partial charge in [0.1, 0.15) is 0 Å². The first-order valence-corrected chi connectivity index (χ1v) is 12.4. The van der Waals surface area contributed by atoms with Gasteiger partial charge in [-0.3, -0.25) is 0 Å². The molecule has 3 rings (SSSR count). The maximum Gasteiger partial charge on any atom is -0.00381 e. The monoisotopic (exact) mass is 382 g/mol. The highest BCUT2D eigenvalue weighted by Gasteiger charge is 2.54. The molecular formula is C28H46. The molecule has 1 aromatic rings. The van der Waals surface area contributed by atoms with Crippen LogP contribution in [-0.4, -0.2) is 0 Å². The number of hydrogen-bond donors (Lipinski definition) is 0. The largest absolute Gasteiger partial charge is 0.0645 e. The number of fused-ring (bicyclic) bond motifs is 2. The Hall–Kier alpha value is -0.780. The standard InChI is InChI=1S/C28H46/c1-10-25(9)18-26(11-2,12-3)21-17-22-24(20(8)23(21)25)28(15-6,16-7)19-27(22,13-4)14-5/h17H,10-16,18-19H2,1-9H3. The molecular weight excluding hydrogens is 336 g/mol. The first-order chi connectivity index (χ1) is 13.2. The first-order valence-electron chi connectivity index (χ1n) is 12.4. The lowest BCUT2D eigenvalue weighted by atomic mass is 9.70. The lowest BCUT2D eigenvalue weighted by Crippen LogP contribution is -2.28. The van der Waals surface area contributed by atoms with Crippen molar-refractivity contribution in [3.8, 4) is 0 Å². The molecule has 0 heteroatoms. The van der Waals surface area contributed by atoms with Crippen LogP contribution in [0.4, 0.5) is 0 Å². The summed E-state index contributed by atoms with van der Waals surface area (Å²) in [6.07, 6.45) is 11.7. The highest BCUT2D eigenvalue weighted by atomic mass is 14.6. The van der Waals surface area contributed by atoms with E-state index in [9.17, 15) is 0 Å². The van der Waals surface area contributed by atoms with Crippen molar-refractivity contribution in [1.29, 1.82) is 0 Å². The molecule has 0 radical (unpaired) electrons. The summed E-state index contributed by atoms with van der Waals surface area (Å²) in [7, 11) is 0. The minimum absolute atomic E-state index is 0.345. The second-order valence-electron chi connectivity index (χ2n) is 10.6. The lowest BCUT2D eigenvalue weighted by molar-refractivity contribution is 0.282. The molecule has 0 aliphatic heterocycles. The maximum atomic E-state index is 2.77. The average Bonchev–Trinajstić information content (AvgIpc) is 3.17. The third-order valence-electron chi connectivity index (χ3n) is 10.1. The summed E-state index contributed by atoms with van der Waals surface area (Å²) in [5, 5.41) is 0. The molecule has 2 aliphatic carbocycles. The van der Waals surface area contributed by atoms with Crippen LogP contribution in [0.5, 0.6) is 0 Å². The van der Waals surface area contributed by atoms with Crippen LogP contribution < -0.4 is 0 Å². The van der Waals surface area contributed by atoms with E-state index in [2.05, 4.69) is 68.4 Å². The molecule has 0 heterocycles. The van der Waals surface area contributed by atoms with Crippen LogP contribution in [0.1, 0.15) is 141 Å². The van der Waals surface area contributed by atoms with E-state index in [1.807, 2.05) is 0 Å². The maximum absolute atomic E-state index is 2.77. The average molecular weight is 383 g/mol. The van der Waals surface area contributed by atoms with Crippen molar-refractivity contribution in [2.45, 2.75) is 142 Å².